The highest BCUT2D eigenvalue weighted by Crippen LogP contribution is 2.59. The van der Waals surface area contributed by atoms with E-state index < -0.39 is 5.97 Å². The highest BCUT2D eigenvalue weighted by molar-refractivity contribution is 7.17. The molecule has 2 aliphatic rings. The number of nitrogens with zero attached hydrogens (tertiary/aromatic N) is 4. The van der Waals surface area contributed by atoms with Crippen molar-refractivity contribution in [2.24, 2.45) is 11.3 Å². The fourth-order valence-electron chi connectivity index (χ4n) is 3.65. The highest BCUT2D eigenvalue weighted by atomic mass is 32.1. The van der Waals surface area contributed by atoms with Crippen LogP contribution in [0.1, 0.15) is 34.6 Å². The van der Waals surface area contributed by atoms with Crippen LogP contribution in [-0.4, -0.2) is 49.9 Å². The Bertz CT molecular complexity index is 828. The van der Waals surface area contributed by atoms with Gasteiger partial charge in [0.25, 0.3) is 5.91 Å². The van der Waals surface area contributed by atoms with E-state index in [9.17, 15) is 14.7 Å². The molecule has 0 aromatic carbocycles. The van der Waals surface area contributed by atoms with Crippen molar-refractivity contribution in [3.63, 3.8) is 0 Å². The lowest BCUT2D eigenvalue weighted by molar-refractivity contribution is -0.139. The number of carbonyl (C=O) groups excluding carboxylic acids is 1. The van der Waals surface area contributed by atoms with Crippen molar-refractivity contribution in [1.29, 1.82) is 0 Å². The van der Waals surface area contributed by atoms with Gasteiger partial charge in [0.15, 0.2) is 10.8 Å². The number of likely N-dealkylation sites (tertiary alicyclic amines) is 1. The molecule has 4 rings (SSSR count). The lowest BCUT2D eigenvalue weighted by Crippen LogP contribution is -2.39. The predicted octanol–water partition coefficient (Wildman–Crippen LogP) is 2.24. The number of rotatable bonds is 3. The number of carboxylic acid groups (broad SMARTS) is 1. The molecular weight excluding hydrogens is 340 g/mol. The zero-order chi connectivity index (χ0) is 17.6. The summed E-state index contributed by atoms with van der Waals surface area (Å²) in [6.45, 7) is 3.04. The maximum atomic E-state index is 12.9. The second kappa shape index (κ2) is 5.87. The number of carbonyl (C=O) groups is 2. The summed E-state index contributed by atoms with van der Waals surface area (Å²) < 4.78 is 0. The molecule has 1 saturated heterocycles. The molecule has 3 heterocycles. The third-order valence-electron chi connectivity index (χ3n) is 5.28. The maximum Gasteiger partial charge on any atom is 0.307 e. The summed E-state index contributed by atoms with van der Waals surface area (Å²) in [7, 11) is 0. The number of hydrogen-bond acceptors (Lipinski definition) is 6. The molecule has 1 aliphatic heterocycles. The minimum absolute atomic E-state index is 0.0282. The van der Waals surface area contributed by atoms with Gasteiger partial charge in [0.05, 0.1) is 11.6 Å². The molecule has 1 N–H and O–H groups in total. The maximum absolute atomic E-state index is 12.9. The topological polar surface area (TPSA) is 96.3 Å². The molecule has 1 atom stereocenters. The van der Waals surface area contributed by atoms with Crippen molar-refractivity contribution in [2.75, 3.05) is 13.1 Å². The molecule has 130 valence electrons. The molecule has 1 spiro atoms. The standard InChI is InChI=1S/C17H18N4O3S/c1-10-12(25-14(20-10)13-18-5-2-6-19-13)15(22)21-7-3-17(4-8-21)9-11(17)16(23)24/h2,5-6,11H,3-4,7-9H2,1H3,(H,23,24). The van der Waals surface area contributed by atoms with Crippen molar-refractivity contribution in [3.8, 4) is 10.8 Å². The molecule has 8 heteroatoms. The van der Waals surface area contributed by atoms with E-state index in [0.29, 0.717) is 34.5 Å². The number of aromatic nitrogens is 3. The van der Waals surface area contributed by atoms with Gasteiger partial charge in [-0.3, -0.25) is 9.59 Å². The summed E-state index contributed by atoms with van der Waals surface area (Å²) in [6.07, 6.45) is 5.59. The lowest BCUT2D eigenvalue weighted by Gasteiger charge is -2.32. The molecule has 7 nitrogen and oxygen atoms in total. The number of aliphatic carboxylic acids is 1. The molecule has 1 saturated carbocycles. The third-order valence-corrected chi connectivity index (χ3v) is 6.42. The molecule has 2 aromatic rings. The van der Waals surface area contributed by atoms with Crippen LogP contribution in [0.5, 0.6) is 0 Å². The van der Waals surface area contributed by atoms with E-state index in [-0.39, 0.29) is 17.2 Å². The molecule has 2 fully saturated rings. The SMILES string of the molecule is Cc1nc(-c2ncccn2)sc1C(=O)N1CCC2(CC1)CC2C(=O)O. The van der Waals surface area contributed by atoms with Crippen LogP contribution in [0.4, 0.5) is 0 Å². The first-order chi connectivity index (χ1) is 12.0. The Morgan fingerprint density at radius 1 is 1.28 bits per heavy atom. The first-order valence-electron chi connectivity index (χ1n) is 8.27. The number of hydrogen-bond donors (Lipinski definition) is 1. The van der Waals surface area contributed by atoms with Crippen LogP contribution in [-0.2, 0) is 4.79 Å². The summed E-state index contributed by atoms with van der Waals surface area (Å²) in [4.78, 5) is 39.2. The van der Waals surface area contributed by atoms with Crippen LogP contribution in [0.25, 0.3) is 10.8 Å². The van der Waals surface area contributed by atoms with Crippen molar-refractivity contribution >= 4 is 23.2 Å². The number of piperidine rings is 1. The first kappa shape index (κ1) is 16.1. The number of thiazole rings is 1. The summed E-state index contributed by atoms with van der Waals surface area (Å²) in [6, 6.07) is 1.74. The van der Waals surface area contributed by atoms with Gasteiger partial charge in [-0.05, 0) is 37.7 Å². The monoisotopic (exact) mass is 358 g/mol. The molecule has 0 radical (unpaired) electrons. The van der Waals surface area contributed by atoms with Gasteiger partial charge in [0, 0.05) is 25.5 Å². The van der Waals surface area contributed by atoms with Crippen LogP contribution in [0, 0.1) is 18.3 Å². The van der Waals surface area contributed by atoms with Crippen LogP contribution < -0.4 is 0 Å². The molecule has 25 heavy (non-hydrogen) atoms. The van der Waals surface area contributed by atoms with Crippen LogP contribution in [0.3, 0.4) is 0 Å². The van der Waals surface area contributed by atoms with Crippen molar-refractivity contribution in [2.45, 2.75) is 26.2 Å². The third kappa shape index (κ3) is 2.80. The Kier molecular flexibility index (Phi) is 3.79. The molecule has 1 amide bonds. The summed E-state index contributed by atoms with van der Waals surface area (Å²) in [5, 5.41) is 9.81. The van der Waals surface area contributed by atoms with Gasteiger partial charge < -0.3 is 10.0 Å². The first-order valence-corrected chi connectivity index (χ1v) is 9.09. The fraction of sp³-hybridized carbons (Fsp3) is 0.471. The lowest BCUT2D eigenvalue weighted by atomic mass is 9.90. The second-order valence-electron chi connectivity index (χ2n) is 6.76. The smallest absolute Gasteiger partial charge is 0.307 e. The minimum Gasteiger partial charge on any atom is -0.481 e. The van der Waals surface area contributed by atoms with Crippen molar-refractivity contribution in [1.82, 2.24) is 19.9 Å². The Hall–Kier alpha value is -2.35. The van der Waals surface area contributed by atoms with Gasteiger partial charge in [0.1, 0.15) is 4.88 Å². The van der Waals surface area contributed by atoms with Crippen molar-refractivity contribution < 1.29 is 14.7 Å². The van der Waals surface area contributed by atoms with E-state index in [1.807, 2.05) is 11.8 Å². The highest BCUT2D eigenvalue weighted by Gasteiger charge is 2.59. The Morgan fingerprint density at radius 2 is 1.96 bits per heavy atom. The Morgan fingerprint density at radius 3 is 2.56 bits per heavy atom. The van der Waals surface area contributed by atoms with Gasteiger partial charge in [-0.15, -0.1) is 11.3 Å². The van der Waals surface area contributed by atoms with E-state index in [2.05, 4.69) is 15.0 Å². The average Bonchev–Trinajstić information content (AvgIpc) is 3.18. The van der Waals surface area contributed by atoms with Gasteiger partial charge in [-0.1, -0.05) is 0 Å². The number of aryl methyl sites for hydroxylation is 1. The van der Waals surface area contributed by atoms with E-state index >= 15 is 0 Å². The van der Waals surface area contributed by atoms with Crippen LogP contribution in [0.2, 0.25) is 0 Å². The predicted molar refractivity (Wildman–Crippen MR) is 91.2 cm³/mol. The van der Waals surface area contributed by atoms with Gasteiger partial charge in [0.2, 0.25) is 0 Å². The van der Waals surface area contributed by atoms with E-state index in [4.69, 9.17) is 0 Å². The summed E-state index contributed by atoms with van der Waals surface area (Å²) >= 11 is 1.31. The van der Waals surface area contributed by atoms with Crippen LogP contribution in [0.15, 0.2) is 18.5 Å². The quantitative estimate of drug-likeness (QED) is 0.904. The average molecular weight is 358 g/mol. The van der Waals surface area contributed by atoms with Gasteiger partial charge in [-0.2, -0.15) is 0 Å². The molecule has 2 aromatic heterocycles. The van der Waals surface area contributed by atoms with E-state index in [0.717, 1.165) is 19.3 Å². The van der Waals surface area contributed by atoms with E-state index in [1.54, 1.807) is 18.5 Å². The molecule has 1 unspecified atom stereocenters. The minimum atomic E-state index is -0.703. The van der Waals surface area contributed by atoms with Crippen LogP contribution >= 0.6 is 11.3 Å². The van der Waals surface area contributed by atoms with Gasteiger partial charge >= 0.3 is 5.97 Å². The molecular formula is C17H18N4O3S. The molecule has 0 bridgehead atoms. The number of carboxylic acids is 1. The zero-order valence-corrected chi connectivity index (χ0v) is 14.6. The zero-order valence-electron chi connectivity index (χ0n) is 13.8. The summed E-state index contributed by atoms with van der Waals surface area (Å²) in [5.74, 6) is -0.434. The largest absolute Gasteiger partial charge is 0.481 e. The molecule has 1 aliphatic carbocycles. The fourth-order valence-corrected chi connectivity index (χ4v) is 4.63. The number of amides is 1. The Labute approximate surface area is 148 Å². The van der Waals surface area contributed by atoms with Gasteiger partial charge in [-0.25, -0.2) is 15.0 Å². The van der Waals surface area contributed by atoms with E-state index in [1.165, 1.54) is 11.3 Å². The summed E-state index contributed by atoms with van der Waals surface area (Å²) in [5.41, 5.74) is 0.613. The van der Waals surface area contributed by atoms with Crippen molar-refractivity contribution in [3.05, 3.63) is 29.0 Å². The Balaban J connectivity index is 1.47. The normalized spacial score (nSPS) is 21.3. The second-order valence-corrected chi connectivity index (χ2v) is 7.75.